The number of aromatic nitrogens is 2. The van der Waals surface area contributed by atoms with E-state index >= 15 is 0 Å². The van der Waals surface area contributed by atoms with Crippen molar-refractivity contribution in [2.24, 2.45) is 0 Å². The number of aromatic amines is 1. The van der Waals surface area contributed by atoms with E-state index < -0.39 is 15.6 Å². The smallest absolute Gasteiger partial charge is 0.247 e. The van der Waals surface area contributed by atoms with Crippen LogP contribution in [0.2, 0.25) is 0 Å². The van der Waals surface area contributed by atoms with Gasteiger partial charge in [0.15, 0.2) is 0 Å². The topological polar surface area (TPSA) is 86.4 Å². The number of carbonyl (C=O) groups excluding carboxylic acids is 1. The van der Waals surface area contributed by atoms with Crippen LogP contribution >= 0.6 is 0 Å². The summed E-state index contributed by atoms with van der Waals surface area (Å²) in [6.07, 6.45) is 3.68. The monoisotopic (exact) mass is 354 g/mol. The average molecular weight is 354 g/mol. The minimum Gasteiger partial charge on any atom is -0.341 e. The molecule has 0 radical (unpaired) electrons. The van der Waals surface area contributed by atoms with Crippen LogP contribution in [0.25, 0.3) is 0 Å². The zero-order valence-corrected chi connectivity index (χ0v) is 15.4. The van der Waals surface area contributed by atoms with Gasteiger partial charge in [-0.3, -0.25) is 9.89 Å². The summed E-state index contributed by atoms with van der Waals surface area (Å²) in [6, 6.07) is 0. The van der Waals surface area contributed by atoms with E-state index in [-0.39, 0.29) is 10.8 Å². The number of carbonyl (C=O) groups is 1. The SMILES string of the molecule is CCCN1CCCC2(CCCN2S(=O)(=O)c2c(C)n[nH]c2C)C1=O. The summed E-state index contributed by atoms with van der Waals surface area (Å²) in [5.74, 6) is -0.0181. The maximum Gasteiger partial charge on any atom is 0.247 e. The fourth-order valence-corrected chi connectivity index (χ4v) is 6.41. The van der Waals surface area contributed by atoms with Crippen molar-refractivity contribution >= 4 is 15.9 Å². The summed E-state index contributed by atoms with van der Waals surface area (Å²) in [7, 11) is -3.74. The lowest BCUT2D eigenvalue weighted by molar-refractivity contribution is -0.144. The maximum atomic E-state index is 13.3. The third kappa shape index (κ3) is 2.47. The number of rotatable bonds is 4. The predicted molar refractivity (Wildman–Crippen MR) is 90.0 cm³/mol. The predicted octanol–water partition coefficient (Wildman–Crippen LogP) is 1.58. The van der Waals surface area contributed by atoms with Crippen molar-refractivity contribution in [1.82, 2.24) is 19.4 Å². The van der Waals surface area contributed by atoms with E-state index in [0.717, 1.165) is 25.8 Å². The van der Waals surface area contributed by atoms with Gasteiger partial charge in [0, 0.05) is 19.6 Å². The Labute approximate surface area is 143 Å². The van der Waals surface area contributed by atoms with Crippen LogP contribution in [0.1, 0.15) is 50.4 Å². The van der Waals surface area contributed by atoms with Gasteiger partial charge in [0.2, 0.25) is 15.9 Å². The van der Waals surface area contributed by atoms with Crippen molar-refractivity contribution in [2.45, 2.75) is 63.3 Å². The van der Waals surface area contributed by atoms with Crippen molar-refractivity contribution < 1.29 is 13.2 Å². The van der Waals surface area contributed by atoms with E-state index in [0.29, 0.717) is 37.3 Å². The Balaban J connectivity index is 2.03. The molecule has 24 heavy (non-hydrogen) atoms. The molecule has 0 aliphatic carbocycles. The summed E-state index contributed by atoms with van der Waals surface area (Å²) in [6.45, 7) is 7.26. The molecule has 1 aromatic heterocycles. The Kier molecular flexibility index (Phi) is 4.46. The van der Waals surface area contributed by atoms with Crippen molar-refractivity contribution in [3.05, 3.63) is 11.4 Å². The Morgan fingerprint density at radius 2 is 1.88 bits per heavy atom. The first kappa shape index (κ1) is 17.4. The van der Waals surface area contributed by atoms with Gasteiger partial charge in [0.05, 0.1) is 11.4 Å². The molecule has 2 fully saturated rings. The van der Waals surface area contributed by atoms with Crippen LogP contribution in [-0.2, 0) is 14.8 Å². The first-order valence-corrected chi connectivity index (χ1v) is 10.1. The number of hydrogen-bond donors (Lipinski definition) is 1. The summed E-state index contributed by atoms with van der Waals surface area (Å²) in [5, 5.41) is 6.77. The van der Waals surface area contributed by atoms with Crippen molar-refractivity contribution in [2.75, 3.05) is 19.6 Å². The molecular weight excluding hydrogens is 328 g/mol. The molecule has 2 aliphatic heterocycles. The second kappa shape index (κ2) is 6.15. The number of H-pyrrole nitrogens is 1. The molecule has 8 heteroatoms. The van der Waals surface area contributed by atoms with E-state index in [1.807, 2.05) is 11.8 Å². The first-order chi connectivity index (χ1) is 11.3. The molecule has 1 aromatic rings. The molecule has 0 saturated carbocycles. The number of aryl methyl sites for hydroxylation is 2. The highest BCUT2D eigenvalue weighted by molar-refractivity contribution is 7.89. The molecule has 134 valence electrons. The normalized spacial score (nSPS) is 25.8. The fraction of sp³-hybridized carbons (Fsp3) is 0.750. The molecule has 1 amide bonds. The molecule has 1 N–H and O–H groups in total. The first-order valence-electron chi connectivity index (χ1n) is 8.68. The van der Waals surface area contributed by atoms with Crippen molar-refractivity contribution in [1.29, 1.82) is 0 Å². The van der Waals surface area contributed by atoms with E-state index in [1.165, 1.54) is 4.31 Å². The molecular formula is C16H26N4O3S. The molecule has 3 rings (SSSR count). The standard InChI is InChI=1S/C16H26N4O3S/c1-4-9-19-10-5-7-16(15(19)21)8-6-11-20(16)24(22,23)14-12(2)17-18-13(14)3/h4-11H2,1-3H3,(H,17,18). The highest BCUT2D eigenvalue weighted by atomic mass is 32.2. The Morgan fingerprint density at radius 1 is 1.21 bits per heavy atom. The fourth-order valence-electron chi connectivity index (χ4n) is 4.25. The lowest BCUT2D eigenvalue weighted by Crippen LogP contribution is -2.61. The molecule has 3 heterocycles. The van der Waals surface area contributed by atoms with Crippen molar-refractivity contribution in [3.63, 3.8) is 0 Å². The van der Waals surface area contributed by atoms with E-state index in [2.05, 4.69) is 10.2 Å². The number of sulfonamides is 1. The largest absolute Gasteiger partial charge is 0.341 e. The van der Waals surface area contributed by atoms with E-state index in [4.69, 9.17) is 0 Å². The van der Waals surface area contributed by atoms with Crippen LogP contribution in [0.4, 0.5) is 0 Å². The zero-order chi connectivity index (χ0) is 17.5. The lowest BCUT2D eigenvalue weighted by atomic mass is 9.86. The van der Waals surface area contributed by atoms with E-state index in [1.54, 1.807) is 13.8 Å². The minimum atomic E-state index is -3.74. The highest BCUT2D eigenvalue weighted by Gasteiger charge is 2.55. The van der Waals surface area contributed by atoms with Crippen LogP contribution in [0.15, 0.2) is 4.90 Å². The minimum absolute atomic E-state index is 0.0181. The zero-order valence-electron chi connectivity index (χ0n) is 14.6. The Morgan fingerprint density at radius 3 is 2.46 bits per heavy atom. The van der Waals surface area contributed by atoms with Crippen LogP contribution < -0.4 is 0 Å². The van der Waals surface area contributed by atoms with Crippen LogP contribution in [-0.4, -0.2) is 58.9 Å². The van der Waals surface area contributed by atoms with Gasteiger partial charge in [-0.05, 0) is 46.0 Å². The number of hydrogen-bond acceptors (Lipinski definition) is 4. The van der Waals surface area contributed by atoms with Crippen LogP contribution in [0.5, 0.6) is 0 Å². The third-order valence-corrected chi connectivity index (χ3v) is 7.46. The second-order valence-electron chi connectivity index (χ2n) is 6.87. The number of nitrogens with zero attached hydrogens (tertiary/aromatic N) is 3. The van der Waals surface area contributed by atoms with Gasteiger partial charge in [-0.2, -0.15) is 9.40 Å². The molecule has 1 spiro atoms. The summed E-state index contributed by atoms with van der Waals surface area (Å²) < 4.78 is 28.1. The van der Waals surface area contributed by atoms with Gasteiger partial charge < -0.3 is 4.90 Å². The van der Waals surface area contributed by atoms with Gasteiger partial charge >= 0.3 is 0 Å². The average Bonchev–Trinajstić information content (AvgIpc) is 3.09. The van der Waals surface area contributed by atoms with Gasteiger partial charge in [0.25, 0.3) is 0 Å². The van der Waals surface area contributed by atoms with Crippen molar-refractivity contribution in [3.8, 4) is 0 Å². The highest BCUT2D eigenvalue weighted by Crippen LogP contribution is 2.42. The van der Waals surface area contributed by atoms with Gasteiger partial charge in [-0.25, -0.2) is 8.42 Å². The molecule has 1 atom stereocenters. The van der Waals surface area contributed by atoms with Gasteiger partial charge in [-0.1, -0.05) is 6.92 Å². The number of nitrogens with one attached hydrogen (secondary N) is 1. The number of likely N-dealkylation sites (tertiary alicyclic amines) is 1. The summed E-state index contributed by atoms with van der Waals surface area (Å²) in [5.41, 5.74) is 0.0917. The molecule has 0 bridgehead atoms. The van der Waals surface area contributed by atoms with Gasteiger partial charge in [0.1, 0.15) is 10.4 Å². The Hall–Kier alpha value is -1.41. The Bertz CT molecular complexity index is 721. The molecule has 1 unspecified atom stereocenters. The molecule has 2 aliphatic rings. The number of piperidine rings is 1. The summed E-state index contributed by atoms with van der Waals surface area (Å²) >= 11 is 0. The number of amides is 1. The lowest BCUT2D eigenvalue weighted by Gasteiger charge is -2.43. The second-order valence-corrected chi connectivity index (χ2v) is 8.67. The molecule has 7 nitrogen and oxygen atoms in total. The van der Waals surface area contributed by atoms with Crippen LogP contribution in [0.3, 0.4) is 0 Å². The molecule has 0 aromatic carbocycles. The third-order valence-electron chi connectivity index (χ3n) is 5.23. The van der Waals surface area contributed by atoms with Gasteiger partial charge in [-0.15, -0.1) is 0 Å². The molecule has 2 saturated heterocycles. The summed E-state index contributed by atoms with van der Waals surface area (Å²) in [4.78, 5) is 15.2. The van der Waals surface area contributed by atoms with Crippen LogP contribution in [0, 0.1) is 13.8 Å². The van der Waals surface area contributed by atoms with E-state index in [9.17, 15) is 13.2 Å². The quantitative estimate of drug-likeness (QED) is 0.889. The maximum absolute atomic E-state index is 13.3.